The minimum Gasteiger partial charge on any atom is -0.366 e. The maximum atomic E-state index is 5.35. The number of fused-ring (bicyclic) bond motifs is 1. The van der Waals surface area contributed by atoms with Crippen molar-refractivity contribution in [2.75, 3.05) is 0 Å². The Hall–Kier alpha value is -1.28. The molecule has 0 bridgehead atoms. The highest BCUT2D eigenvalue weighted by Crippen LogP contribution is 2.10. The van der Waals surface area contributed by atoms with Gasteiger partial charge in [-0.05, 0) is 31.5 Å². The lowest BCUT2D eigenvalue weighted by atomic mass is 10.1. The maximum Gasteiger partial charge on any atom is 0.00843 e. The molecule has 0 aliphatic heterocycles. The second-order valence-corrected chi connectivity index (χ2v) is 4.45. The van der Waals surface area contributed by atoms with Crippen molar-refractivity contribution in [3.05, 3.63) is 36.7 Å². The third-order valence-corrected chi connectivity index (χ3v) is 1.47. The first kappa shape index (κ1) is 10.8. The van der Waals surface area contributed by atoms with E-state index in [1.807, 2.05) is 45.3 Å². The number of nitrogens with two attached hydrogens (primary N) is 1. The van der Waals surface area contributed by atoms with E-state index in [0.717, 1.165) is 0 Å². The highest BCUT2D eigenvalue weighted by molar-refractivity contribution is 5.81. The molecular formula is C12H18N2. The molecule has 0 aliphatic rings. The first-order valence-corrected chi connectivity index (χ1v) is 4.77. The van der Waals surface area contributed by atoms with Crippen molar-refractivity contribution in [3.63, 3.8) is 0 Å². The molecule has 0 saturated heterocycles. The molecule has 0 unspecified atom stereocenters. The molecule has 1 aromatic heterocycles. The summed E-state index contributed by atoms with van der Waals surface area (Å²) in [6, 6.07) is 8.25. The van der Waals surface area contributed by atoms with Crippen LogP contribution >= 0.6 is 0 Å². The van der Waals surface area contributed by atoms with Crippen molar-refractivity contribution >= 4 is 10.8 Å². The first-order chi connectivity index (χ1) is 6.47. The Balaban J connectivity index is 0.000000171. The Bertz CT molecular complexity index is 346. The molecule has 0 fully saturated rings. The lowest BCUT2D eigenvalue weighted by Crippen LogP contribution is -2.26. The summed E-state index contributed by atoms with van der Waals surface area (Å²) in [5, 5.41) is 2.55. The van der Waals surface area contributed by atoms with E-state index < -0.39 is 0 Å². The van der Waals surface area contributed by atoms with Gasteiger partial charge in [-0.25, -0.2) is 0 Å². The van der Waals surface area contributed by atoms with Crippen LogP contribution in [0.15, 0.2) is 36.7 Å². The number of hydrogen-bond acceptors (Lipinski definition) is 1. The molecule has 2 rings (SSSR count). The van der Waals surface area contributed by atoms with Gasteiger partial charge in [-0.1, -0.05) is 24.3 Å². The van der Waals surface area contributed by atoms with Crippen LogP contribution in [0.5, 0.6) is 0 Å². The summed E-state index contributed by atoms with van der Waals surface area (Å²) in [6.45, 7) is 5.90. The van der Waals surface area contributed by atoms with Crippen LogP contribution in [0.1, 0.15) is 20.8 Å². The van der Waals surface area contributed by atoms with E-state index in [0.29, 0.717) is 0 Å². The predicted molar refractivity (Wildman–Crippen MR) is 62.2 cm³/mol. The molecule has 2 aromatic rings. The second-order valence-electron chi connectivity index (χ2n) is 4.45. The summed E-state index contributed by atoms with van der Waals surface area (Å²) in [6.07, 6.45) is 3.99. The van der Waals surface area contributed by atoms with Crippen LogP contribution in [-0.4, -0.2) is 10.5 Å². The number of benzene rings is 1. The molecule has 2 heteroatoms. The zero-order valence-electron chi connectivity index (χ0n) is 9.04. The van der Waals surface area contributed by atoms with Crippen LogP contribution in [0.2, 0.25) is 0 Å². The number of nitrogens with one attached hydrogen (secondary N) is 1. The Morgan fingerprint density at radius 2 is 1.36 bits per heavy atom. The number of aromatic amines is 1. The van der Waals surface area contributed by atoms with Gasteiger partial charge in [0, 0.05) is 17.9 Å². The molecule has 3 N–H and O–H groups in total. The molecule has 0 atom stereocenters. The first-order valence-electron chi connectivity index (χ1n) is 4.77. The SMILES string of the molecule is CC(C)(C)N.c1ccc2c[nH]cc2c1. The molecule has 1 aromatic carbocycles. The van der Waals surface area contributed by atoms with Gasteiger partial charge in [-0.15, -0.1) is 0 Å². The third kappa shape index (κ3) is 4.10. The number of aromatic nitrogens is 1. The van der Waals surface area contributed by atoms with E-state index in [1.54, 1.807) is 0 Å². The standard InChI is InChI=1S/C8H7N.C4H11N/c1-2-4-8-6-9-5-7(8)3-1;1-4(2,3)5/h1-6,9H;5H2,1-3H3. The average Bonchev–Trinajstić information content (AvgIpc) is 2.47. The zero-order chi connectivity index (χ0) is 10.6. The summed E-state index contributed by atoms with van der Waals surface area (Å²) in [5.74, 6) is 0. The van der Waals surface area contributed by atoms with Crippen molar-refractivity contribution < 1.29 is 0 Å². The van der Waals surface area contributed by atoms with Crippen LogP contribution < -0.4 is 5.73 Å². The number of rotatable bonds is 0. The minimum atomic E-state index is 0. The van der Waals surface area contributed by atoms with Gasteiger partial charge in [-0.3, -0.25) is 0 Å². The molecule has 2 nitrogen and oxygen atoms in total. The Labute approximate surface area is 85.1 Å². The Kier molecular flexibility index (Phi) is 3.31. The van der Waals surface area contributed by atoms with E-state index in [4.69, 9.17) is 5.73 Å². The fourth-order valence-corrected chi connectivity index (χ4v) is 0.995. The van der Waals surface area contributed by atoms with E-state index >= 15 is 0 Å². The van der Waals surface area contributed by atoms with Gasteiger partial charge in [0.2, 0.25) is 0 Å². The topological polar surface area (TPSA) is 41.8 Å². The molecule has 0 saturated carbocycles. The summed E-state index contributed by atoms with van der Waals surface area (Å²) in [5.41, 5.74) is 5.35. The summed E-state index contributed by atoms with van der Waals surface area (Å²) in [7, 11) is 0. The van der Waals surface area contributed by atoms with Crippen LogP contribution in [0.3, 0.4) is 0 Å². The molecule has 76 valence electrons. The molecule has 14 heavy (non-hydrogen) atoms. The van der Waals surface area contributed by atoms with Crippen molar-refractivity contribution in [2.45, 2.75) is 26.3 Å². The van der Waals surface area contributed by atoms with E-state index in [1.165, 1.54) is 10.8 Å². The van der Waals surface area contributed by atoms with Gasteiger partial charge in [0.1, 0.15) is 0 Å². The molecule has 0 radical (unpaired) electrons. The van der Waals surface area contributed by atoms with Gasteiger partial charge in [0.25, 0.3) is 0 Å². The molecule has 0 aliphatic carbocycles. The lowest BCUT2D eigenvalue weighted by Gasteiger charge is -2.06. The smallest absolute Gasteiger partial charge is 0.00843 e. The van der Waals surface area contributed by atoms with E-state index in [2.05, 4.69) is 17.1 Å². The summed E-state index contributed by atoms with van der Waals surface area (Å²) in [4.78, 5) is 3.04. The van der Waals surface area contributed by atoms with Gasteiger partial charge >= 0.3 is 0 Å². The fraction of sp³-hybridized carbons (Fsp3) is 0.333. The third-order valence-electron chi connectivity index (χ3n) is 1.47. The summed E-state index contributed by atoms with van der Waals surface area (Å²) >= 11 is 0. The monoisotopic (exact) mass is 190 g/mol. The average molecular weight is 190 g/mol. The molecular weight excluding hydrogens is 172 g/mol. The zero-order valence-corrected chi connectivity index (χ0v) is 9.04. The summed E-state index contributed by atoms with van der Waals surface area (Å²) < 4.78 is 0. The van der Waals surface area contributed by atoms with Crippen molar-refractivity contribution in [1.29, 1.82) is 0 Å². The number of H-pyrrole nitrogens is 1. The Morgan fingerprint density at radius 3 is 1.71 bits per heavy atom. The van der Waals surface area contributed by atoms with Crippen molar-refractivity contribution in [1.82, 2.24) is 4.98 Å². The lowest BCUT2D eigenvalue weighted by molar-refractivity contribution is 0.580. The van der Waals surface area contributed by atoms with Crippen LogP contribution in [-0.2, 0) is 0 Å². The highest BCUT2D eigenvalue weighted by Gasteiger charge is 1.95. The second kappa shape index (κ2) is 4.29. The minimum absolute atomic E-state index is 0. The van der Waals surface area contributed by atoms with Crippen LogP contribution in [0, 0.1) is 0 Å². The van der Waals surface area contributed by atoms with Crippen molar-refractivity contribution in [2.24, 2.45) is 5.73 Å². The quantitative estimate of drug-likeness (QED) is 0.659. The van der Waals surface area contributed by atoms with Crippen LogP contribution in [0.4, 0.5) is 0 Å². The van der Waals surface area contributed by atoms with E-state index in [-0.39, 0.29) is 5.54 Å². The van der Waals surface area contributed by atoms with Gasteiger partial charge in [-0.2, -0.15) is 0 Å². The Morgan fingerprint density at radius 1 is 1.00 bits per heavy atom. The predicted octanol–water partition coefficient (Wildman–Crippen LogP) is 2.91. The fourth-order valence-electron chi connectivity index (χ4n) is 0.995. The van der Waals surface area contributed by atoms with Crippen molar-refractivity contribution in [3.8, 4) is 0 Å². The highest BCUT2D eigenvalue weighted by atomic mass is 14.7. The van der Waals surface area contributed by atoms with Crippen LogP contribution in [0.25, 0.3) is 10.8 Å². The van der Waals surface area contributed by atoms with Gasteiger partial charge < -0.3 is 10.7 Å². The largest absolute Gasteiger partial charge is 0.366 e. The van der Waals surface area contributed by atoms with Gasteiger partial charge in [0.05, 0.1) is 0 Å². The number of hydrogen-bond donors (Lipinski definition) is 2. The molecule has 0 spiro atoms. The van der Waals surface area contributed by atoms with Gasteiger partial charge in [0.15, 0.2) is 0 Å². The van der Waals surface area contributed by atoms with E-state index in [9.17, 15) is 0 Å². The molecule has 0 amide bonds. The molecule has 1 heterocycles. The normalized spacial score (nSPS) is 10.9. The maximum absolute atomic E-state index is 5.35.